The first-order valence-electron chi connectivity index (χ1n) is 6.96. The first kappa shape index (κ1) is 15.3. The highest BCUT2D eigenvalue weighted by molar-refractivity contribution is 6.30. The predicted octanol–water partition coefficient (Wildman–Crippen LogP) is 1.97. The van der Waals surface area contributed by atoms with E-state index in [4.69, 9.17) is 11.6 Å². The molecule has 20 heavy (non-hydrogen) atoms. The Kier molecular flexibility index (Phi) is 5.40. The van der Waals surface area contributed by atoms with Gasteiger partial charge in [0.1, 0.15) is 0 Å². The van der Waals surface area contributed by atoms with Crippen LogP contribution in [0.3, 0.4) is 0 Å². The molecular weight excluding hydrogens is 276 g/mol. The Hall–Kier alpha value is -1.10. The molecule has 2 rings (SSSR count). The van der Waals surface area contributed by atoms with Crippen molar-refractivity contribution in [1.29, 1.82) is 0 Å². The van der Waals surface area contributed by atoms with Crippen molar-refractivity contribution in [3.63, 3.8) is 0 Å². The van der Waals surface area contributed by atoms with E-state index in [1.54, 1.807) is 24.3 Å². The van der Waals surface area contributed by atoms with Gasteiger partial charge in [-0.05, 0) is 50.7 Å². The molecule has 1 aromatic rings. The molecule has 1 fully saturated rings. The van der Waals surface area contributed by atoms with Gasteiger partial charge in [-0.25, -0.2) is 0 Å². The lowest BCUT2D eigenvalue weighted by molar-refractivity contribution is -0.124. The predicted molar refractivity (Wildman–Crippen MR) is 79.7 cm³/mol. The molecule has 5 heteroatoms. The van der Waals surface area contributed by atoms with E-state index >= 15 is 0 Å². The summed E-state index contributed by atoms with van der Waals surface area (Å²) in [5.41, 5.74) is 0.716. The van der Waals surface area contributed by atoms with Gasteiger partial charge in [0.05, 0.1) is 12.5 Å². The van der Waals surface area contributed by atoms with Crippen molar-refractivity contribution < 1.29 is 9.90 Å². The molecule has 0 spiro atoms. The van der Waals surface area contributed by atoms with E-state index in [1.165, 1.54) is 0 Å². The molecular formula is C15H21ClN2O2. The van der Waals surface area contributed by atoms with E-state index in [0.717, 1.165) is 25.9 Å². The quantitative estimate of drug-likeness (QED) is 0.893. The number of benzene rings is 1. The third-order valence-corrected chi connectivity index (χ3v) is 3.97. The lowest BCUT2D eigenvalue weighted by atomic mass is 10.0. The lowest BCUT2D eigenvalue weighted by Crippen LogP contribution is -2.43. The second-order valence-electron chi connectivity index (χ2n) is 5.42. The normalized spacial score (nSPS) is 18.8. The Balaban J connectivity index is 1.80. The number of piperidine rings is 1. The third-order valence-electron chi connectivity index (χ3n) is 3.72. The van der Waals surface area contributed by atoms with E-state index < -0.39 is 6.10 Å². The molecule has 1 aliphatic rings. The topological polar surface area (TPSA) is 52.6 Å². The smallest absolute Gasteiger partial charge is 0.223 e. The molecule has 0 aromatic heterocycles. The van der Waals surface area contributed by atoms with Gasteiger partial charge in [-0.15, -0.1) is 0 Å². The van der Waals surface area contributed by atoms with Crippen LogP contribution in [0.4, 0.5) is 0 Å². The number of aliphatic hydroxyl groups is 1. The number of hydrogen-bond acceptors (Lipinski definition) is 3. The molecule has 0 saturated carbocycles. The number of likely N-dealkylation sites (tertiary alicyclic amines) is 1. The summed E-state index contributed by atoms with van der Waals surface area (Å²) in [6.45, 7) is 2.01. The van der Waals surface area contributed by atoms with Gasteiger partial charge < -0.3 is 15.3 Å². The largest absolute Gasteiger partial charge is 0.388 e. The van der Waals surface area contributed by atoms with Gasteiger partial charge >= 0.3 is 0 Å². The minimum Gasteiger partial charge on any atom is -0.388 e. The number of nitrogens with zero attached hydrogens (tertiary/aromatic N) is 1. The van der Waals surface area contributed by atoms with E-state index in [1.807, 2.05) is 0 Å². The van der Waals surface area contributed by atoms with Gasteiger partial charge in [-0.1, -0.05) is 23.7 Å². The summed E-state index contributed by atoms with van der Waals surface area (Å²) in [7, 11) is 2.09. The maximum atomic E-state index is 11.9. The molecule has 1 aliphatic heterocycles. The molecule has 1 amide bonds. The second kappa shape index (κ2) is 7.07. The molecule has 110 valence electrons. The van der Waals surface area contributed by atoms with Crippen molar-refractivity contribution in [3.8, 4) is 0 Å². The van der Waals surface area contributed by atoms with Gasteiger partial charge in [-0.3, -0.25) is 4.79 Å². The van der Waals surface area contributed by atoms with Crippen LogP contribution >= 0.6 is 11.6 Å². The highest BCUT2D eigenvalue weighted by Crippen LogP contribution is 2.19. The average Bonchev–Trinajstić information content (AvgIpc) is 2.42. The van der Waals surface area contributed by atoms with E-state index in [2.05, 4.69) is 17.3 Å². The Morgan fingerprint density at radius 1 is 1.40 bits per heavy atom. The summed E-state index contributed by atoms with van der Waals surface area (Å²) < 4.78 is 0. The van der Waals surface area contributed by atoms with Crippen LogP contribution in [0.5, 0.6) is 0 Å². The SMILES string of the molecule is CN1CCC(NC(=O)CC(O)c2ccc(Cl)cc2)CC1. The zero-order chi connectivity index (χ0) is 14.5. The van der Waals surface area contributed by atoms with Gasteiger partial charge in [0.15, 0.2) is 0 Å². The molecule has 1 atom stereocenters. The third kappa shape index (κ3) is 4.47. The lowest BCUT2D eigenvalue weighted by Gasteiger charge is -2.29. The van der Waals surface area contributed by atoms with E-state index in [0.29, 0.717) is 10.6 Å². The van der Waals surface area contributed by atoms with Crippen LogP contribution in [0.15, 0.2) is 24.3 Å². The summed E-state index contributed by atoms with van der Waals surface area (Å²) in [4.78, 5) is 14.2. The fourth-order valence-electron chi connectivity index (χ4n) is 2.42. The highest BCUT2D eigenvalue weighted by Gasteiger charge is 2.20. The van der Waals surface area contributed by atoms with Crippen LogP contribution in [-0.2, 0) is 4.79 Å². The fraction of sp³-hybridized carbons (Fsp3) is 0.533. The Labute approximate surface area is 124 Å². The molecule has 0 aliphatic carbocycles. The molecule has 2 N–H and O–H groups in total. The Morgan fingerprint density at radius 2 is 2.00 bits per heavy atom. The Bertz CT molecular complexity index is 442. The number of aliphatic hydroxyl groups excluding tert-OH is 1. The first-order chi connectivity index (χ1) is 9.54. The van der Waals surface area contributed by atoms with Crippen molar-refractivity contribution in [3.05, 3.63) is 34.9 Å². The van der Waals surface area contributed by atoms with Crippen LogP contribution in [0.2, 0.25) is 5.02 Å². The highest BCUT2D eigenvalue weighted by atomic mass is 35.5. The van der Waals surface area contributed by atoms with Crippen molar-refractivity contribution in [2.45, 2.75) is 31.4 Å². The van der Waals surface area contributed by atoms with Crippen LogP contribution in [0.25, 0.3) is 0 Å². The minimum absolute atomic E-state index is 0.0912. The number of carbonyl (C=O) groups excluding carboxylic acids is 1. The average molecular weight is 297 g/mol. The number of hydrogen-bond donors (Lipinski definition) is 2. The van der Waals surface area contributed by atoms with Crippen LogP contribution < -0.4 is 5.32 Å². The van der Waals surface area contributed by atoms with Gasteiger partial charge in [-0.2, -0.15) is 0 Å². The summed E-state index contributed by atoms with van der Waals surface area (Å²) in [5.74, 6) is -0.0954. The Morgan fingerprint density at radius 3 is 2.60 bits per heavy atom. The molecule has 0 radical (unpaired) electrons. The fourth-order valence-corrected chi connectivity index (χ4v) is 2.54. The number of nitrogens with one attached hydrogen (secondary N) is 1. The summed E-state index contributed by atoms with van der Waals surface area (Å²) in [6.07, 6.45) is 1.26. The number of amides is 1. The van der Waals surface area contributed by atoms with E-state index in [-0.39, 0.29) is 18.4 Å². The summed E-state index contributed by atoms with van der Waals surface area (Å²) >= 11 is 5.80. The molecule has 0 bridgehead atoms. The molecule has 1 saturated heterocycles. The number of rotatable bonds is 4. The monoisotopic (exact) mass is 296 g/mol. The zero-order valence-electron chi connectivity index (χ0n) is 11.7. The number of halogens is 1. The molecule has 1 unspecified atom stereocenters. The van der Waals surface area contributed by atoms with E-state index in [9.17, 15) is 9.90 Å². The maximum absolute atomic E-state index is 11.9. The maximum Gasteiger partial charge on any atom is 0.223 e. The zero-order valence-corrected chi connectivity index (χ0v) is 12.4. The second-order valence-corrected chi connectivity index (χ2v) is 5.85. The van der Waals surface area contributed by atoms with Crippen LogP contribution in [-0.4, -0.2) is 42.1 Å². The molecule has 1 heterocycles. The van der Waals surface area contributed by atoms with Crippen molar-refractivity contribution in [1.82, 2.24) is 10.2 Å². The van der Waals surface area contributed by atoms with Crippen molar-refractivity contribution >= 4 is 17.5 Å². The van der Waals surface area contributed by atoms with Crippen LogP contribution in [0, 0.1) is 0 Å². The standard InChI is InChI=1S/C15H21ClN2O2/c1-18-8-6-13(7-9-18)17-15(20)10-14(19)11-2-4-12(16)5-3-11/h2-5,13-14,19H,6-10H2,1H3,(H,17,20). The number of carbonyl (C=O) groups is 1. The van der Waals surface area contributed by atoms with Gasteiger partial charge in [0.25, 0.3) is 0 Å². The summed E-state index contributed by atoms with van der Waals surface area (Å²) in [6, 6.07) is 7.16. The van der Waals surface area contributed by atoms with Gasteiger partial charge in [0, 0.05) is 11.1 Å². The first-order valence-corrected chi connectivity index (χ1v) is 7.34. The van der Waals surface area contributed by atoms with Crippen LogP contribution in [0.1, 0.15) is 30.9 Å². The summed E-state index contributed by atoms with van der Waals surface area (Å²) in [5, 5.41) is 13.7. The molecule has 4 nitrogen and oxygen atoms in total. The minimum atomic E-state index is -0.779. The van der Waals surface area contributed by atoms with Gasteiger partial charge in [0.2, 0.25) is 5.91 Å². The molecule has 1 aromatic carbocycles. The van der Waals surface area contributed by atoms with Crippen molar-refractivity contribution in [2.75, 3.05) is 20.1 Å². The van der Waals surface area contributed by atoms with Crippen molar-refractivity contribution in [2.24, 2.45) is 0 Å².